The molecule has 1 heterocycles. The van der Waals surface area contributed by atoms with Crippen molar-refractivity contribution in [1.82, 2.24) is 4.98 Å². The van der Waals surface area contributed by atoms with Gasteiger partial charge < -0.3 is 5.32 Å². The lowest BCUT2D eigenvalue weighted by atomic mass is 10.2. The summed E-state index contributed by atoms with van der Waals surface area (Å²) in [6.07, 6.45) is 3.06. The first-order valence-corrected chi connectivity index (χ1v) is 5.56. The van der Waals surface area contributed by atoms with Crippen LogP contribution >= 0.6 is 15.9 Å². The molecule has 0 amide bonds. The fourth-order valence-corrected chi connectivity index (χ4v) is 1.57. The first kappa shape index (κ1) is 11.6. The summed E-state index contributed by atoms with van der Waals surface area (Å²) in [7, 11) is 0. The topological polar surface area (TPSA) is 48.7 Å². The van der Waals surface area contributed by atoms with Gasteiger partial charge in [0.1, 0.15) is 11.9 Å². The van der Waals surface area contributed by atoms with Gasteiger partial charge in [0.05, 0.1) is 21.9 Å². The lowest BCUT2D eigenvalue weighted by Crippen LogP contribution is -1.95. The zero-order valence-corrected chi connectivity index (χ0v) is 10.2. The van der Waals surface area contributed by atoms with Gasteiger partial charge in [0.25, 0.3) is 0 Å². The largest absolute Gasteiger partial charge is 0.353 e. The number of hydrogen-bond donors (Lipinski definition) is 1. The minimum Gasteiger partial charge on any atom is -0.353 e. The SMILES string of the molecule is N#Cc1ccncc1Nc1ccc(Br)c(F)c1. The zero-order chi connectivity index (χ0) is 12.3. The average molecular weight is 292 g/mol. The predicted molar refractivity (Wildman–Crippen MR) is 66.3 cm³/mol. The summed E-state index contributed by atoms with van der Waals surface area (Å²) >= 11 is 3.08. The lowest BCUT2D eigenvalue weighted by molar-refractivity contribution is 0.622. The summed E-state index contributed by atoms with van der Waals surface area (Å²) in [5, 5.41) is 11.8. The van der Waals surface area contributed by atoms with Crippen LogP contribution in [0.3, 0.4) is 0 Å². The van der Waals surface area contributed by atoms with E-state index in [9.17, 15) is 4.39 Å². The van der Waals surface area contributed by atoms with Crippen LogP contribution in [0.4, 0.5) is 15.8 Å². The van der Waals surface area contributed by atoms with Crippen LogP contribution in [-0.2, 0) is 0 Å². The van der Waals surface area contributed by atoms with E-state index >= 15 is 0 Å². The Balaban J connectivity index is 2.32. The van der Waals surface area contributed by atoms with E-state index in [0.29, 0.717) is 21.4 Å². The molecule has 3 nitrogen and oxygen atoms in total. The van der Waals surface area contributed by atoms with Gasteiger partial charge in [-0.1, -0.05) is 0 Å². The van der Waals surface area contributed by atoms with Crippen molar-refractivity contribution in [3.63, 3.8) is 0 Å². The average Bonchev–Trinajstić information content (AvgIpc) is 2.34. The highest BCUT2D eigenvalue weighted by Crippen LogP contribution is 2.23. The standard InChI is InChI=1S/C12H7BrFN3/c13-10-2-1-9(5-11(10)14)17-12-7-16-4-3-8(12)6-15/h1-5,7,17H. The molecule has 0 aliphatic rings. The van der Waals surface area contributed by atoms with E-state index in [2.05, 4.69) is 26.2 Å². The number of benzene rings is 1. The summed E-state index contributed by atoms with van der Waals surface area (Å²) in [5.74, 6) is -0.364. The molecule has 0 saturated carbocycles. The van der Waals surface area contributed by atoms with Gasteiger partial charge in [-0.15, -0.1) is 0 Å². The van der Waals surface area contributed by atoms with Crippen molar-refractivity contribution in [1.29, 1.82) is 5.26 Å². The van der Waals surface area contributed by atoms with E-state index < -0.39 is 0 Å². The molecule has 2 aromatic rings. The minimum absolute atomic E-state index is 0.364. The Morgan fingerprint density at radius 3 is 2.88 bits per heavy atom. The summed E-state index contributed by atoms with van der Waals surface area (Å²) in [6.45, 7) is 0. The van der Waals surface area contributed by atoms with Gasteiger partial charge in [0.2, 0.25) is 0 Å². The molecule has 0 radical (unpaired) electrons. The normalized spacial score (nSPS) is 9.71. The maximum absolute atomic E-state index is 13.3. The van der Waals surface area contributed by atoms with Crippen molar-refractivity contribution in [2.45, 2.75) is 0 Å². The predicted octanol–water partition coefficient (Wildman–Crippen LogP) is 3.60. The number of anilines is 2. The molecule has 0 aliphatic carbocycles. The van der Waals surface area contributed by atoms with Crippen molar-refractivity contribution in [2.24, 2.45) is 0 Å². The summed E-state index contributed by atoms with van der Waals surface area (Å²) in [5.41, 5.74) is 1.58. The first-order valence-electron chi connectivity index (χ1n) is 4.77. The summed E-state index contributed by atoms with van der Waals surface area (Å²) in [6, 6.07) is 8.28. The summed E-state index contributed by atoms with van der Waals surface area (Å²) < 4.78 is 13.7. The van der Waals surface area contributed by atoms with Crippen LogP contribution in [0, 0.1) is 17.1 Å². The maximum Gasteiger partial charge on any atom is 0.139 e. The molecule has 17 heavy (non-hydrogen) atoms. The highest BCUT2D eigenvalue weighted by molar-refractivity contribution is 9.10. The fraction of sp³-hybridized carbons (Fsp3) is 0. The van der Waals surface area contributed by atoms with E-state index in [-0.39, 0.29) is 5.82 Å². The van der Waals surface area contributed by atoms with Crippen LogP contribution in [0.25, 0.3) is 0 Å². The number of nitrogens with zero attached hydrogens (tertiary/aromatic N) is 2. The zero-order valence-electron chi connectivity index (χ0n) is 8.61. The molecule has 1 aromatic heterocycles. The molecule has 2 rings (SSSR count). The molecule has 1 aromatic carbocycles. The van der Waals surface area contributed by atoms with Crippen molar-refractivity contribution in [3.05, 3.63) is 52.5 Å². The third-order valence-corrected chi connectivity index (χ3v) is 2.78. The molecule has 84 valence electrons. The van der Waals surface area contributed by atoms with Crippen LogP contribution in [-0.4, -0.2) is 4.98 Å². The van der Waals surface area contributed by atoms with E-state index in [1.807, 2.05) is 6.07 Å². The maximum atomic E-state index is 13.3. The highest BCUT2D eigenvalue weighted by Gasteiger charge is 2.04. The number of pyridine rings is 1. The third kappa shape index (κ3) is 2.60. The molecule has 0 fully saturated rings. The molecular formula is C12H7BrFN3. The Hall–Kier alpha value is -1.93. The second-order valence-electron chi connectivity index (χ2n) is 3.29. The Kier molecular flexibility index (Phi) is 3.35. The van der Waals surface area contributed by atoms with Gasteiger partial charge in [-0.05, 0) is 40.2 Å². The number of hydrogen-bond acceptors (Lipinski definition) is 3. The second kappa shape index (κ2) is 4.93. The number of rotatable bonds is 2. The Morgan fingerprint density at radius 2 is 2.18 bits per heavy atom. The van der Waals surface area contributed by atoms with E-state index in [0.717, 1.165) is 0 Å². The number of halogens is 2. The van der Waals surface area contributed by atoms with Gasteiger partial charge in [-0.25, -0.2) is 4.39 Å². The Labute approximate surface area is 106 Å². The van der Waals surface area contributed by atoms with Crippen molar-refractivity contribution < 1.29 is 4.39 Å². The van der Waals surface area contributed by atoms with Crippen LogP contribution in [0.15, 0.2) is 41.1 Å². The molecule has 0 atom stereocenters. The molecule has 0 bridgehead atoms. The third-order valence-electron chi connectivity index (χ3n) is 2.14. The monoisotopic (exact) mass is 291 g/mol. The molecular weight excluding hydrogens is 285 g/mol. The van der Waals surface area contributed by atoms with Gasteiger partial charge >= 0.3 is 0 Å². The van der Waals surface area contributed by atoms with Crippen molar-refractivity contribution in [3.8, 4) is 6.07 Å². The smallest absolute Gasteiger partial charge is 0.139 e. The molecule has 0 saturated heterocycles. The number of aromatic nitrogens is 1. The first-order chi connectivity index (χ1) is 8.20. The molecule has 0 spiro atoms. The van der Waals surface area contributed by atoms with Crippen LogP contribution in [0.2, 0.25) is 0 Å². The van der Waals surface area contributed by atoms with Crippen LogP contribution < -0.4 is 5.32 Å². The minimum atomic E-state index is -0.364. The van der Waals surface area contributed by atoms with Gasteiger partial charge in [-0.2, -0.15) is 5.26 Å². The van der Waals surface area contributed by atoms with Crippen molar-refractivity contribution >= 4 is 27.3 Å². The summed E-state index contributed by atoms with van der Waals surface area (Å²) in [4.78, 5) is 3.91. The highest BCUT2D eigenvalue weighted by atomic mass is 79.9. The second-order valence-corrected chi connectivity index (χ2v) is 4.14. The van der Waals surface area contributed by atoms with Crippen LogP contribution in [0.5, 0.6) is 0 Å². The molecule has 1 N–H and O–H groups in total. The van der Waals surface area contributed by atoms with E-state index in [1.165, 1.54) is 18.5 Å². The number of nitriles is 1. The fourth-order valence-electron chi connectivity index (χ4n) is 1.32. The Bertz CT molecular complexity index is 593. The van der Waals surface area contributed by atoms with Gasteiger partial charge in [0.15, 0.2) is 0 Å². The van der Waals surface area contributed by atoms with E-state index in [4.69, 9.17) is 5.26 Å². The number of nitrogens with one attached hydrogen (secondary N) is 1. The molecule has 5 heteroatoms. The Morgan fingerprint density at radius 1 is 1.35 bits per heavy atom. The van der Waals surface area contributed by atoms with Gasteiger partial charge in [0, 0.05) is 11.9 Å². The van der Waals surface area contributed by atoms with Crippen molar-refractivity contribution in [2.75, 3.05) is 5.32 Å². The molecule has 0 unspecified atom stereocenters. The quantitative estimate of drug-likeness (QED) is 0.920. The molecule has 0 aliphatic heterocycles. The van der Waals surface area contributed by atoms with E-state index in [1.54, 1.807) is 18.2 Å². The van der Waals surface area contributed by atoms with Gasteiger partial charge in [-0.3, -0.25) is 4.98 Å². The van der Waals surface area contributed by atoms with Crippen LogP contribution in [0.1, 0.15) is 5.56 Å². The lowest BCUT2D eigenvalue weighted by Gasteiger charge is -2.07.